The number of hydrogen-bond acceptors (Lipinski definition) is 3. The summed E-state index contributed by atoms with van der Waals surface area (Å²) in [6, 6.07) is 5.36. The van der Waals surface area contributed by atoms with Crippen molar-refractivity contribution in [3.8, 4) is 0 Å². The molecule has 0 amide bonds. The first-order chi connectivity index (χ1) is 8.92. The molecule has 4 nitrogen and oxygen atoms in total. The van der Waals surface area contributed by atoms with Crippen LogP contribution in [-0.2, 0) is 16.6 Å². The number of benzene rings is 1. The van der Waals surface area contributed by atoms with Gasteiger partial charge in [0, 0.05) is 12.6 Å². The van der Waals surface area contributed by atoms with Crippen molar-refractivity contribution in [1.29, 1.82) is 0 Å². The number of hydrogen-bond donors (Lipinski definition) is 2. The third-order valence-corrected chi connectivity index (χ3v) is 4.87. The minimum Gasteiger partial charge on any atom is -0.316 e. The van der Waals surface area contributed by atoms with Gasteiger partial charge in [0.2, 0.25) is 10.0 Å². The normalized spacial score (nSPS) is 13.5. The lowest BCUT2D eigenvalue weighted by Gasteiger charge is -2.16. The highest BCUT2D eigenvalue weighted by atomic mass is 32.2. The maximum atomic E-state index is 12.4. The molecule has 0 spiro atoms. The summed E-state index contributed by atoms with van der Waals surface area (Å²) in [6.45, 7) is 6.46. The van der Waals surface area contributed by atoms with Crippen molar-refractivity contribution in [2.75, 3.05) is 7.05 Å². The molecule has 0 bridgehead atoms. The Kier molecular flexibility index (Phi) is 5.97. The van der Waals surface area contributed by atoms with Crippen molar-refractivity contribution in [3.63, 3.8) is 0 Å². The zero-order chi connectivity index (χ0) is 14.5. The van der Waals surface area contributed by atoms with Crippen LogP contribution in [0.3, 0.4) is 0 Å². The maximum absolute atomic E-state index is 12.4. The molecule has 0 saturated heterocycles. The molecule has 0 aliphatic rings. The lowest BCUT2D eigenvalue weighted by Crippen LogP contribution is -2.33. The van der Waals surface area contributed by atoms with Crippen molar-refractivity contribution >= 4 is 10.0 Å². The molecular formula is C14H24N2O2S. The van der Waals surface area contributed by atoms with Crippen molar-refractivity contribution in [2.24, 2.45) is 0 Å². The molecule has 108 valence electrons. The van der Waals surface area contributed by atoms with Gasteiger partial charge in [-0.25, -0.2) is 13.1 Å². The topological polar surface area (TPSA) is 58.2 Å². The van der Waals surface area contributed by atoms with E-state index in [1.54, 1.807) is 12.1 Å². The first kappa shape index (κ1) is 16.1. The molecular weight excluding hydrogens is 260 g/mol. The Bertz CT molecular complexity index is 512. The molecule has 1 aromatic rings. The van der Waals surface area contributed by atoms with Crippen LogP contribution in [0.1, 0.15) is 37.8 Å². The summed E-state index contributed by atoms with van der Waals surface area (Å²) in [5, 5.41) is 3.05. The molecule has 0 saturated carbocycles. The van der Waals surface area contributed by atoms with Crippen LogP contribution in [0.25, 0.3) is 0 Å². The first-order valence-electron chi connectivity index (χ1n) is 6.67. The van der Waals surface area contributed by atoms with Crippen molar-refractivity contribution in [2.45, 2.75) is 51.1 Å². The molecule has 1 aromatic carbocycles. The van der Waals surface area contributed by atoms with Crippen LogP contribution in [0.15, 0.2) is 23.1 Å². The molecule has 0 heterocycles. The van der Waals surface area contributed by atoms with Crippen LogP contribution in [0, 0.1) is 6.92 Å². The summed E-state index contributed by atoms with van der Waals surface area (Å²) in [5.74, 6) is 0. The summed E-state index contributed by atoms with van der Waals surface area (Å²) >= 11 is 0. The van der Waals surface area contributed by atoms with Crippen LogP contribution in [0.4, 0.5) is 0 Å². The van der Waals surface area contributed by atoms with E-state index in [2.05, 4.69) is 10.0 Å². The third-order valence-electron chi connectivity index (χ3n) is 3.13. The molecule has 0 fully saturated rings. The monoisotopic (exact) mass is 284 g/mol. The predicted octanol–water partition coefficient (Wildman–Crippen LogP) is 2.18. The van der Waals surface area contributed by atoms with E-state index in [1.165, 1.54) is 0 Å². The predicted molar refractivity (Wildman–Crippen MR) is 78.6 cm³/mol. The van der Waals surface area contributed by atoms with Gasteiger partial charge in [-0.05, 0) is 44.5 Å². The van der Waals surface area contributed by atoms with E-state index in [9.17, 15) is 8.42 Å². The van der Waals surface area contributed by atoms with Gasteiger partial charge < -0.3 is 5.32 Å². The van der Waals surface area contributed by atoms with Gasteiger partial charge in [-0.3, -0.25) is 0 Å². The van der Waals surface area contributed by atoms with E-state index in [1.807, 2.05) is 33.9 Å². The number of nitrogens with one attached hydrogen (secondary N) is 2. The lowest BCUT2D eigenvalue weighted by molar-refractivity contribution is 0.543. The molecule has 1 atom stereocenters. The van der Waals surface area contributed by atoms with Gasteiger partial charge in [0.25, 0.3) is 0 Å². The van der Waals surface area contributed by atoms with Crippen molar-refractivity contribution in [1.82, 2.24) is 10.0 Å². The second-order valence-electron chi connectivity index (χ2n) is 4.88. The molecule has 1 unspecified atom stereocenters. The van der Waals surface area contributed by atoms with Crippen LogP contribution in [0.2, 0.25) is 0 Å². The van der Waals surface area contributed by atoms with Crippen LogP contribution in [0.5, 0.6) is 0 Å². The summed E-state index contributed by atoms with van der Waals surface area (Å²) in [4.78, 5) is 0.378. The molecule has 5 heteroatoms. The van der Waals surface area contributed by atoms with E-state index in [0.717, 1.165) is 24.0 Å². The summed E-state index contributed by atoms with van der Waals surface area (Å²) in [5.41, 5.74) is 1.82. The average molecular weight is 284 g/mol. The van der Waals surface area contributed by atoms with Crippen molar-refractivity contribution in [3.05, 3.63) is 29.3 Å². The lowest BCUT2D eigenvalue weighted by atomic mass is 10.1. The minimum atomic E-state index is -3.43. The second-order valence-corrected chi connectivity index (χ2v) is 6.56. The molecule has 0 aliphatic carbocycles. The van der Waals surface area contributed by atoms with E-state index < -0.39 is 10.0 Å². The average Bonchev–Trinajstić information content (AvgIpc) is 2.31. The molecule has 0 aliphatic heterocycles. The van der Waals surface area contributed by atoms with Crippen LogP contribution in [-0.4, -0.2) is 21.5 Å². The number of rotatable bonds is 7. The van der Waals surface area contributed by atoms with Crippen LogP contribution < -0.4 is 10.0 Å². The quantitative estimate of drug-likeness (QED) is 0.807. The van der Waals surface area contributed by atoms with E-state index >= 15 is 0 Å². The minimum absolute atomic E-state index is 0.0395. The van der Waals surface area contributed by atoms with Crippen molar-refractivity contribution < 1.29 is 8.42 Å². The van der Waals surface area contributed by atoms with Gasteiger partial charge in [-0.15, -0.1) is 0 Å². The highest BCUT2D eigenvalue weighted by Gasteiger charge is 2.20. The fourth-order valence-electron chi connectivity index (χ4n) is 2.15. The first-order valence-corrected chi connectivity index (χ1v) is 8.16. The third kappa shape index (κ3) is 4.30. The molecule has 2 N–H and O–H groups in total. The SMILES string of the molecule is CCCC(C)NS(=O)(=O)c1cccc(CNC)c1C. The van der Waals surface area contributed by atoms with Gasteiger partial charge in [-0.2, -0.15) is 0 Å². The standard InChI is InChI=1S/C14H24N2O2S/c1-5-7-11(2)16-19(17,18)14-9-6-8-13(10-15-4)12(14)3/h6,8-9,11,15-16H,5,7,10H2,1-4H3. The van der Waals surface area contributed by atoms with Gasteiger partial charge in [0.05, 0.1) is 4.90 Å². The van der Waals surface area contributed by atoms with Crippen LogP contribution >= 0.6 is 0 Å². The Morgan fingerprint density at radius 2 is 2.00 bits per heavy atom. The Hall–Kier alpha value is -0.910. The Morgan fingerprint density at radius 1 is 1.32 bits per heavy atom. The Morgan fingerprint density at radius 3 is 2.58 bits per heavy atom. The maximum Gasteiger partial charge on any atom is 0.241 e. The van der Waals surface area contributed by atoms with Gasteiger partial charge in [0.1, 0.15) is 0 Å². The number of sulfonamides is 1. The molecule has 1 rings (SSSR count). The largest absolute Gasteiger partial charge is 0.316 e. The van der Waals surface area contributed by atoms with Gasteiger partial charge in [-0.1, -0.05) is 25.5 Å². The molecule has 0 aromatic heterocycles. The Labute approximate surface area is 116 Å². The smallest absolute Gasteiger partial charge is 0.241 e. The molecule has 19 heavy (non-hydrogen) atoms. The fraction of sp³-hybridized carbons (Fsp3) is 0.571. The summed E-state index contributed by atoms with van der Waals surface area (Å²) in [7, 11) is -1.58. The summed E-state index contributed by atoms with van der Waals surface area (Å²) in [6.07, 6.45) is 1.80. The zero-order valence-electron chi connectivity index (χ0n) is 12.2. The van der Waals surface area contributed by atoms with E-state index in [0.29, 0.717) is 11.4 Å². The van der Waals surface area contributed by atoms with Gasteiger partial charge >= 0.3 is 0 Å². The second kappa shape index (κ2) is 7.03. The van der Waals surface area contributed by atoms with E-state index in [-0.39, 0.29) is 6.04 Å². The Balaban J connectivity index is 3.04. The summed E-state index contributed by atoms with van der Waals surface area (Å²) < 4.78 is 27.5. The molecule has 0 radical (unpaired) electrons. The van der Waals surface area contributed by atoms with Gasteiger partial charge in [0.15, 0.2) is 0 Å². The van der Waals surface area contributed by atoms with E-state index in [4.69, 9.17) is 0 Å². The highest BCUT2D eigenvalue weighted by Crippen LogP contribution is 2.19. The zero-order valence-corrected chi connectivity index (χ0v) is 13.0. The highest BCUT2D eigenvalue weighted by molar-refractivity contribution is 7.89. The fourth-order valence-corrected chi connectivity index (χ4v) is 3.72.